The minimum atomic E-state index is 0.0209. The molecule has 1 saturated carbocycles. The van der Waals surface area contributed by atoms with Crippen LogP contribution >= 0.6 is 0 Å². The van der Waals surface area contributed by atoms with Crippen molar-refractivity contribution in [3.8, 4) is 0 Å². The zero-order chi connectivity index (χ0) is 16.1. The highest BCUT2D eigenvalue weighted by Crippen LogP contribution is 2.29. The molecule has 2 N–H and O–H groups in total. The highest BCUT2D eigenvalue weighted by Gasteiger charge is 2.27. The molecule has 0 spiro atoms. The van der Waals surface area contributed by atoms with Gasteiger partial charge in [0, 0.05) is 17.3 Å². The second-order valence-electron chi connectivity index (χ2n) is 5.99. The third kappa shape index (κ3) is 3.54. The van der Waals surface area contributed by atoms with Gasteiger partial charge in [-0.2, -0.15) is 0 Å². The van der Waals surface area contributed by atoms with Gasteiger partial charge in [-0.25, -0.2) is 0 Å². The standard InChI is InChI=1S/C19H22N2O2/c22-19(15-11-13-16(20-23)14-12-15)21(17-7-3-1-4-8-17)18-9-5-2-6-10-18/h1,3-4,7-8,11-14,18,20,23H,2,5-6,9-10H2. The summed E-state index contributed by atoms with van der Waals surface area (Å²) in [5.41, 5.74) is 4.26. The van der Waals surface area contributed by atoms with E-state index in [9.17, 15) is 4.79 Å². The van der Waals surface area contributed by atoms with Crippen molar-refractivity contribution in [3.05, 3.63) is 60.2 Å². The molecule has 4 nitrogen and oxygen atoms in total. The molecule has 2 aromatic rings. The van der Waals surface area contributed by atoms with Gasteiger partial charge in [-0.3, -0.25) is 15.5 Å². The van der Waals surface area contributed by atoms with Crippen molar-refractivity contribution in [1.29, 1.82) is 0 Å². The fraction of sp³-hybridized carbons (Fsp3) is 0.316. The van der Waals surface area contributed by atoms with Crippen molar-refractivity contribution in [3.63, 3.8) is 0 Å². The first-order valence-corrected chi connectivity index (χ1v) is 8.18. The number of benzene rings is 2. The Balaban J connectivity index is 1.91. The molecule has 0 aromatic heterocycles. The lowest BCUT2D eigenvalue weighted by Crippen LogP contribution is -2.41. The van der Waals surface area contributed by atoms with Crippen LogP contribution in [0.25, 0.3) is 0 Å². The van der Waals surface area contributed by atoms with Crippen LogP contribution in [0.4, 0.5) is 11.4 Å². The van der Waals surface area contributed by atoms with Gasteiger partial charge < -0.3 is 4.90 Å². The summed E-state index contributed by atoms with van der Waals surface area (Å²) in [5, 5.41) is 8.91. The molecule has 4 heteroatoms. The molecule has 23 heavy (non-hydrogen) atoms. The number of amides is 1. The van der Waals surface area contributed by atoms with E-state index < -0.39 is 0 Å². The summed E-state index contributed by atoms with van der Waals surface area (Å²) in [5.74, 6) is 0.0209. The van der Waals surface area contributed by atoms with E-state index in [1.54, 1.807) is 24.3 Å². The summed E-state index contributed by atoms with van der Waals surface area (Å²) >= 11 is 0. The first-order valence-electron chi connectivity index (χ1n) is 8.18. The maximum absolute atomic E-state index is 13.1. The van der Waals surface area contributed by atoms with Gasteiger partial charge in [-0.1, -0.05) is 37.5 Å². The summed E-state index contributed by atoms with van der Waals surface area (Å²) in [4.78, 5) is 15.0. The lowest BCUT2D eigenvalue weighted by atomic mass is 9.93. The van der Waals surface area contributed by atoms with Crippen LogP contribution in [-0.2, 0) is 0 Å². The normalized spacial score (nSPS) is 15.2. The first kappa shape index (κ1) is 15.6. The number of carbonyl (C=O) groups excluding carboxylic acids is 1. The van der Waals surface area contributed by atoms with Crippen molar-refractivity contribution in [2.75, 3.05) is 10.4 Å². The van der Waals surface area contributed by atoms with Crippen molar-refractivity contribution < 1.29 is 10.0 Å². The maximum atomic E-state index is 13.1. The lowest BCUT2D eigenvalue weighted by molar-refractivity contribution is 0.0970. The van der Waals surface area contributed by atoms with E-state index in [1.807, 2.05) is 35.2 Å². The predicted molar refractivity (Wildman–Crippen MR) is 92.0 cm³/mol. The van der Waals surface area contributed by atoms with Gasteiger partial charge in [0.1, 0.15) is 0 Å². The fourth-order valence-electron chi connectivity index (χ4n) is 3.25. The van der Waals surface area contributed by atoms with Crippen LogP contribution in [0.1, 0.15) is 42.5 Å². The molecule has 0 bridgehead atoms. The van der Waals surface area contributed by atoms with Gasteiger partial charge in [0.15, 0.2) is 0 Å². The highest BCUT2D eigenvalue weighted by atomic mass is 16.5. The predicted octanol–water partition coefficient (Wildman–Crippen LogP) is 4.47. The van der Waals surface area contributed by atoms with Gasteiger partial charge in [-0.05, 0) is 49.2 Å². The Morgan fingerprint density at radius 3 is 2.22 bits per heavy atom. The van der Waals surface area contributed by atoms with Gasteiger partial charge in [0.05, 0.1) is 5.69 Å². The molecule has 2 aromatic carbocycles. The molecule has 3 rings (SSSR count). The van der Waals surface area contributed by atoms with Gasteiger partial charge >= 0.3 is 0 Å². The van der Waals surface area contributed by atoms with Crippen molar-refractivity contribution in [2.45, 2.75) is 38.1 Å². The van der Waals surface area contributed by atoms with Crippen LogP contribution in [0, 0.1) is 0 Å². The zero-order valence-corrected chi connectivity index (χ0v) is 13.1. The minimum Gasteiger partial charge on any atom is -0.305 e. The van der Waals surface area contributed by atoms with E-state index in [0.717, 1.165) is 18.5 Å². The van der Waals surface area contributed by atoms with Crippen molar-refractivity contribution >= 4 is 17.3 Å². The fourth-order valence-corrected chi connectivity index (χ4v) is 3.25. The maximum Gasteiger partial charge on any atom is 0.258 e. The van der Waals surface area contributed by atoms with Crippen molar-refractivity contribution in [1.82, 2.24) is 0 Å². The topological polar surface area (TPSA) is 52.6 Å². The summed E-state index contributed by atoms with van der Waals surface area (Å²) in [6.07, 6.45) is 5.71. The lowest BCUT2D eigenvalue weighted by Gasteiger charge is -2.34. The Morgan fingerprint density at radius 2 is 1.61 bits per heavy atom. The molecular formula is C19H22N2O2. The van der Waals surface area contributed by atoms with Crippen LogP contribution in [0.5, 0.6) is 0 Å². The van der Waals surface area contributed by atoms with Crippen molar-refractivity contribution in [2.24, 2.45) is 0 Å². The summed E-state index contributed by atoms with van der Waals surface area (Å²) < 4.78 is 0. The summed E-state index contributed by atoms with van der Waals surface area (Å²) in [6.45, 7) is 0. The number of anilines is 2. The molecule has 120 valence electrons. The molecule has 0 radical (unpaired) electrons. The number of carbonyl (C=O) groups is 1. The molecule has 1 aliphatic rings. The van der Waals surface area contributed by atoms with Gasteiger partial charge in [0.2, 0.25) is 0 Å². The SMILES string of the molecule is O=C(c1ccc(NO)cc1)N(c1ccccc1)C1CCCCC1. The number of hydrogen-bond acceptors (Lipinski definition) is 3. The number of nitrogens with one attached hydrogen (secondary N) is 1. The second kappa shape index (κ2) is 7.29. The molecule has 0 heterocycles. The largest absolute Gasteiger partial charge is 0.305 e. The van der Waals surface area contributed by atoms with E-state index >= 15 is 0 Å². The van der Waals surface area contributed by atoms with E-state index in [1.165, 1.54) is 19.3 Å². The Kier molecular flexibility index (Phi) is 4.93. The van der Waals surface area contributed by atoms with Gasteiger partial charge in [-0.15, -0.1) is 0 Å². The molecule has 0 atom stereocenters. The van der Waals surface area contributed by atoms with Gasteiger partial charge in [0.25, 0.3) is 5.91 Å². The highest BCUT2D eigenvalue weighted by molar-refractivity contribution is 6.06. The summed E-state index contributed by atoms with van der Waals surface area (Å²) in [6, 6.07) is 17.1. The first-order chi connectivity index (χ1) is 11.3. The molecule has 0 saturated heterocycles. The number of nitrogens with zero attached hydrogens (tertiary/aromatic N) is 1. The van der Waals surface area contributed by atoms with E-state index in [-0.39, 0.29) is 11.9 Å². The molecule has 1 aliphatic carbocycles. The molecule has 0 unspecified atom stereocenters. The Morgan fingerprint density at radius 1 is 0.957 bits per heavy atom. The Bertz CT molecular complexity index is 634. The molecule has 0 aliphatic heterocycles. The second-order valence-corrected chi connectivity index (χ2v) is 5.99. The molecule has 1 fully saturated rings. The van der Waals surface area contributed by atoms with Crippen LogP contribution < -0.4 is 10.4 Å². The third-order valence-corrected chi connectivity index (χ3v) is 4.45. The van der Waals surface area contributed by atoms with E-state index in [0.29, 0.717) is 11.3 Å². The smallest absolute Gasteiger partial charge is 0.258 e. The Hall–Kier alpha value is -2.33. The number of hydrogen-bond donors (Lipinski definition) is 2. The van der Waals surface area contributed by atoms with E-state index in [2.05, 4.69) is 5.48 Å². The minimum absolute atomic E-state index is 0.0209. The monoisotopic (exact) mass is 310 g/mol. The zero-order valence-electron chi connectivity index (χ0n) is 13.1. The third-order valence-electron chi connectivity index (χ3n) is 4.45. The van der Waals surface area contributed by atoms with Crippen LogP contribution in [-0.4, -0.2) is 17.2 Å². The molecular weight excluding hydrogens is 288 g/mol. The number of rotatable bonds is 4. The van der Waals surface area contributed by atoms with Crippen LogP contribution in [0.3, 0.4) is 0 Å². The average Bonchev–Trinajstić information content (AvgIpc) is 2.64. The summed E-state index contributed by atoms with van der Waals surface area (Å²) in [7, 11) is 0. The van der Waals surface area contributed by atoms with Crippen LogP contribution in [0.2, 0.25) is 0 Å². The van der Waals surface area contributed by atoms with Crippen LogP contribution in [0.15, 0.2) is 54.6 Å². The van der Waals surface area contributed by atoms with E-state index in [4.69, 9.17) is 5.21 Å². The Labute approximate surface area is 136 Å². The quantitative estimate of drug-likeness (QED) is 0.819. The molecule has 1 amide bonds. The number of para-hydroxylation sites is 1. The average molecular weight is 310 g/mol.